The Kier molecular flexibility index (Phi) is 2.69. The maximum atomic E-state index is 10.7. The van der Waals surface area contributed by atoms with E-state index in [2.05, 4.69) is 0 Å². The van der Waals surface area contributed by atoms with Crippen molar-refractivity contribution < 1.29 is 4.42 Å². The molecule has 0 unspecified atom stereocenters. The van der Waals surface area contributed by atoms with Gasteiger partial charge < -0.3 is 4.42 Å². The minimum atomic E-state index is -0.302. The molecule has 1 heterocycles. The van der Waals surface area contributed by atoms with Gasteiger partial charge in [-0.15, -0.1) is 0 Å². The topological polar surface area (TPSA) is 30.2 Å². The van der Waals surface area contributed by atoms with Crippen LogP contribution in [0.2, 0.25) is 0 Å². The molecule has 1 aromatic heterocycles. The van der Waals surface area contributed by atoms with Crippen LogP contribution in [0.25, 0.3) is 11.0 Å². The van der Waals surface area contributed by atoms with E-state index in [1.54, 1.807) is 12.1 Å². The number of fused-ring (bicyclic) bond motifs is 1. The molecule has 0 bridgehead atoms. The molecule has 1 aromatic carbocycles. The third-order valence-electron chi connectivity index (χ3n) is 1.53. The third kappa shape index (κ3) is 1.58. The molecule has 0 aliphatic carbocycles. The van der Waals surface area contributed by atoms with Crippen molar-refractivity contribution in [1.82, 2.24) is 0 Å². The number of para-hydroxylation sites is 1. The average Bonchev–Trinajstić information content (AvgIpc) is 2.04. The molecule has 2 rings (SSSR count). The zero-order valence-electron chi connectivity index (χ0n) is 6.28. The van der Waals surface area contributed by atoms with Gasteiger partial charge in [0, 0.05) is 11.5 Å². The van der Waals surface area contributed by atoms with Crippen LogP contribution in [0.5, 0.6) is 0 Å². The van der Waals surface area contributed by atoms with Gasteiger partial charge in [-0.2, -0.15) is 0 Å². The van der Waals surface area contributed by atoms with Crippen molar-refractivity contribution in [3.63, 3.8) is 0 Å². The molecule has 0 aliphatic heterocycles. The molecule has 0 N–H and O–H groups in total. The van der Waals surface area contributed by atoms with Crippen LogP contribution in [0.15, 0.2) is 45.6 Å². The number of hydrogen-bond donors (Lipinski definition) is 0. The maximum absolute atomic E-state index is 10.7. The van der Waals surface area contributed by atoms with Gasteiger partial charge in [0.05, 0.1) is 0 Å². The summed E-state index contributed by atoms with van der Waals surface area (Å²) in [6.45, 7) is 0. The molecule has 0 fully saturated rings. The second kappa shape index (κ2) is 3.57. The number of benzene rings is 1. The fraction of sp³-hybridized carbons (Fsp3) is 0. The first-order valence-electron chi connectivity index (χ1n) is 3.35. The first kappa shape index (κ1) is 9.04. The summed E-state index contributed by atoms with van der Waals surface area (Å²) >= 11 is 0. The van der Waals surface area contributed by atoms with Crippen molar-refractivity contribution in [2.75, 3.05) is 0 Å². The van der Waals surface area contributed by atoms with Gasteiger partial charge in [0.2, 0.25) is 0 Å². The van der Waals surface area contributed by atoms with Crippen molar-refractivity contribution >= 4 is 28.0 Å². The molecule has 3 heteroatoms. The molecule has 0 saturated carbocycles. The first-order chi connectivity index (χ1) is 5.36. The van der Waals surface area contributed by atoms with Crippen molar-refractivity contribution in [3.05, 3.63) is 46.8 Å². The second-order valence-electron chi connectivity index (χ2n) is 2.29. The molecule has 2 aromatic rings. The Hall–Kier alpha value is -1.05. The van der Waals surface area contributed by atoms with E-state index in [-0.39, 0.29) is 22.7 Å². The van der Waals surface area contributed by atoms with Crippen molar-refractivity contribution in [2.45, 2.75) is 0 Å². The Morgan fingerprint density at radius 1 is 1.00 bits per heavy atom. The monoisotopic (exact) mass is 228 g/mol. The summed E-state index contributed by atoms with van der Waals surface area (Å²) in [5.74, 6) is 0. The van der Waals surface area contributed by atoms with E-state index in [1.165, 1.54) is 6.07 Å². The Morgan fingerprint density at radius 2 is 1.75 bits per heavy atom. The zero-order chi connectivity index (χ0) is 7.68. The summed E-state index contributed by atoms with van der Waals surface area (Å²) in [6.07, 6.45) is 0. The quantitative estimate of drug-likeness (QED) is 0.494. The summed E-state index contributed by atoms with van der Waals surface area (Å²) in [4.78, 5) is 10.7. The summed E-state index contributed by atoms with van der Waals surface area (Å²) in [5.41, 5.74) is 0.337. The van der Waals surface area contributed by atoms with E-state index < -0.39 is 0 Å². The van der Waals surface area contributed by atoms with Crippen LogP contribution in [0.3, 0.4) is 0 Å². The normalized spacial score (nSPS) is 9.33. The summed E-state index contributed by atoms with van der Waals surface area (Å²) < 4.78 is 4.91. The standard InChI is InChI=1S/C9H6O2.H2Se/c10-9-6-5-7-3-1-2-4-8(7)11-9;/h1-6H;1H2. The van der Waals surface area contributed by atoms with E-state index in [0.29, 0.717) is 5.58 Å². The van der Waals surface area contributed by atoms with Gasteiger partial charge in [0.15, 0.2) is 0 Å². The van der Waals surface area contributed by atoms with E-state index >= 15 is 0 Å². The van der Waals surface area contributed by atoms with E-state index in [4.69, 9.17) is 4.42 Å². The van der Waals surface area contributed by atoms with Gasteiger partial charge in [-0.1, -0.05) is 18.2 Å². The molecule has 0 aliphatic rings. The Balaban J connectivity index is 0.000000720. The molecule has 12 heavy (non-hydrogen) atoms. The van der Waals surface area contributed by atoms with E-state index in [9.17, 15) is 4.79 Å². The second-order valence-corrected chi connectivity index (χ2v) is 2.29. The fourth-order valence-corrected chi connectivity index (χ4v) is 1.01. The van der Waals surface area contributed by atoms with Crippen LogP contribution in [0, 0.1) is 0 Å². The van der Waals surface area contributed by atoms with E-state index in [0.717, 1.165) is 5.39 Å². The van der Waals surface area contributed by atoms with Gasteiger partial charge in [0.1, 0.15) is 5.58 Å². The molecule has 2 nitrogen and oxygen atoms in total. The molecule has 0 amide bonds. The Bertz CT molecular complexity index is 433. The molecule has 62 valence electrons. The van der Waals surface area contributed by atoms with Crippen LogP contribution >= 0.6 is 0 Å². The Labute approximate surface area is 79.7 Å². The van der Waals surface area contributed by atoms with E-state index in [1.807, 2.05) is 18.2 Å². The minimum absolute atomic E-state index is 0. The SMILES string of the molecule is O=c1ccc2ccccc2o1.[SeH2]. The fourth-order valence-electron chi connectivity index (χ4n) is 1.01. The van der Waals surface area contributed by atoms with Crippen molar-refractivity contribution in [1.29, 1.82) is 0 Å². The van der Waals surface area contributed by atoms with Gasteiger partial charge in [0.25, 0.3) is 0 Å². The van der Waals surface area contributed by atoms with Gasteiger partial charge in [-0.05, 0) is 12.1 Å². The predicted molar refractivity (Wildman–Crippen MR) is 51.0 cm³/mol. The van der Waals surface area contributed by atoms with Crippen LogP contribution in [-0.4, -0.2) is 17.1 Å². The van der Waals surface area contributed by atoms with Crippen LogP contribution in [0.1, 0.15) is 0 Å². The summed E-state index contributed by atoms with van der Waals surface area (Å²) in [7, 11) is 0. The molecule has 0 atom stereocenters. The summed E-state index contributed by atoms with van der Waals surface area (Å²) in [5, 5.41) is 0.951. The molecule has 0 saturated heterocycles. The summed E-state index contributed by atoms with van der Waals surface area (Å²) in [6, 6.07) is 10.6. The van der Waals surface area contributed by atoms with Gasteiger partial charge in [-0.3, -0.25) is 0 Å². The zero-order valence-corrected chi connectivity index (χ0v) is 8.38. The first-order valence-corrected chi connectivity index (χ1v) is 3.35. The van der Waals surface area contributed by atoms with Crippen LogP contribution in [0.4, 0.5) is 0 Å². The van der Waals surface area contributed by atoms with Crippen molar-refractivity contribution in [2.24, 2.45) is 0 Å². The number of hydrogen-bond acceptors (Lipinski definition) is 2. The number of rotatable bonds is 0. The Morgan fingerprint density at radius 3 is 2.58 bits per heavy atom. The third-order valence-corrected chi connectivity index (χ3v) is 1.53. The average molecular weight is 227 g/mol. The molecule has 0 spiro atoms. The van der Waals surface area contributed by atoms with Crippen LogP contribution < -0.4 is 5.63 Å². The van der Waals surface area contributed by atoms with Gasteiger partial charge >= 0.3 is 22.7 Å². The van der Waals surface area contributed by atoms with Gasteiger partial charge in [-0.25, -0.2) is 4.79 Å². The predicted octanol–water partition coefficient (Wildman–Crippen LogP) is 0.877. The molecular weight excluding hydrogens is 219 g/mol. The molecule has 0 radical (unpaired) electrons. The van der Waals surface area contributed by atoms with Crippen molar-refractivity contribution in [3.8, 4) is 0 Å². The molecular formula is C9H8O2Se. The van der Waals surface area contributed by atoms with Crippen LogP contribution in [-0.2, 0) is 0 Å².